The first-order chi connectivity index (χ1) is 13.3. The van der Waals surface area contributed by atoms with Crippen molar-refractivity contribution in [3.63, 3.8) is 0 Å². The van der Waals surface area contributed by atoms with Gasteiger partial charge in [-0.2, -0.15) is 0 Å². The van der Waals surface area contributed by atoms with Crippen LogP contribution in [0.15, 0.2) is 47.6 Å². The van der Waals surface area contributed by atoms with Gasteiger partial charge < -0.3 is 19.3 Å². The van der Waals surface area contributed by atoms with Gasteiger partial charge in [0.1, 0.15) is 19.3 Å². The minimum absolute atomic E-state index is 0.00717. The van der Waals surface area contributed by atoms with E-state index in [0.29, 0.717) is 31.3 Å². The first-order valence-electron chi connectivity index (χ1n) is 9.16. The van der Waals surface area contributed by atoms with Gasteiger partial charge in [-0.3, -0.25) is 4.79 Å². The second-order valence-electron chi connectivity index (χ2n) is 6.90. The van der Waals surface area contributed by atoms with Crippen molar-refractivity contribution in [3.8, 4) is 0 Å². The second kappa shape index (κ2) is 10.0. The van der Waals surface area contributed by atoms with Crippen molar-refractivity contribution in [1.29, 1.82) is 0 Å². The van der Waals surface area contributed by atoms with Crippen LogP contribution in [0.5, 0.6) is 0 Å². The van der Waals surface area contributed by atoms with Crippen LogP contribution in [0.1, 0.15) is 32.6 Å². The van der Waals surface area contributed by atoms with Crippen LogP contribution >= 0.6 is 0 Å². The molecule has 152 valence electrons. The van der Waals surface area contributed by atoms with E-state index in [0.717, 1.165) is 11.1 Å². The van der Waals surface area contributed by atoms with E-state index in [9.17, 15) is 14.4 Å². The monoisotopic (exact) mass is 390 g/mol. The molecular formula is C21H26O7. The molecule has 1 fully saturated rings. The Balaban J connectivity index is 2.14. The van der Waals surface area contributed by atoms with E-state index in [-0.39, 0.29) is 36.8 Å². The molecule has 1 aliphatic carbocycles. The molecule has 1 saturated heterocycles. The predicted molar refractivity (Wildman–Crippen MR) is 101 cm³/mol. The summed E-state index contributed by atoms with van der Waals surface area (Å²) in [6, 6.07) is 0. The summed E-state index contributed by atoms with van der Waals surface area (Å²) in [6.07, 6.45) is 5.86. The van der Waals surface area contributed by atoms with Gasteiger partial charge in [-0.15, -0.1) is 0 Å². The highest BCUT2D eigenvalue weighted by Crippen LogP contribution is 2.35. The van der Waals surface area contributed by atoms with Gasteiger partial charge in [0.15, 0.2) is 0 Å². The van der Waals surface area contributed by atoms with Crippen LogP contribution in [-0.2, 0) is 28.6 Å². The van der Waals surface area contributed by atoms with Gasteiger partial charge in [0.05, 0.1) is 12.2 Å². The molecule has 2 rings (SSSR count). The van der Waals surface area contributed by atoms with Crippen LogP contribution in [-0.4, -0.2) is 48.9 Å². The number of aliphatic hydroxyl groups excluding tert-OH is 1. The van der Waals surface area contributed by atoms with E-state index >= 15 is 0 Å². The number of allylic oxidation sites excluding steroid dienone is 2. The molecule has 0 amide bonds. The van der Waals surface area contributed by atoms with Crippen LogP contribution < -0.4 is 0 Å². The maximum Gasteiger partial charge on any atom is 0.336 e. The van der Waals surface area contributed by atoms with E-state index < -0.39 is 18.5 Å². The third kappa shape index (κ3) is 5.92. The lowest BCUT2D eigenvalue weighted by atomic mass is 9.87. The largest absolute Gasteiger partial charge is 0.461 e. The Morgan fingerprint density at radius 3 is 2.64 bits per heavy atom. The summed E-state index contributed by atoms with van der Waals surface area (Å²) in [4.78, 5) is 34.8. The SMILES string of the molecule is C=C(CO)C(=O)OC/C1=C\C[C@@H]2C(=C)C(=O)O[C@H]2CC(COC(C)=O)=CCC1. The number of hydrogen-bond acceptors (Lipinski definition) is 7. The highest BCUT2D eigenvalue weighted by molar-refractivity contribution is 5.91. The highest BCUT2D eigenvalue weighted by atomic mass is 16.6. The van der Waals surface area contributed by atoms with Gasteiger partial charge in [-0.1, -0.05) is 25.3 Å². The lowest BCUT2D eigenvalue weighted by molar-refractivity contribution is -0.141. The first kappa shape index (κ1) is 21.6. The quantitative estimate of drug-likeness (QED) is 0.321. The van der Waals surface area contributed by atoms with Crippen molar-refractivity contribution in [1.82, 2.24) is 0 Å². The van der Waals surface area contributed by atoms with Crippen molar-refractivity contribution in [2.24, 2.45) is 5.92 Å². The lowest BCUT2D eigenvalue weighted by Crippen LogP contribution is -2.20. The van der Waals surface area contributed by atoms with Crippen LogP contribution in [0.25, 0.3) is 0 Å². The first-order valence-corrected chi connectivity index (χ1v) is 9.16. The van der Waals surface area contributed by atoms with E-state index in [1.165, 1.54) is 6.92 Å². The smallest absolute Gasteiger partial charge is 0.336 e. The molecule has 7 heteroatoms. The molecule has 0 aromatic rings. The molecule has 0 unspecified atom stereocenters. The molecule has 0 aromatic heterocycles. The van der Waals surface area contributed by atoms with Crippen LogP contribution in [0.3, 0.4) is 0 Å². The van der Waals surface area contributed by atoms with Crippen LogP contribution in [0.4, 0.5) is 0 Å². The third-order valence-corrected chi connectivity index (χ3v) is 4.77. The van der Waals surface area contributed by atoms with Crippen molar-refractivity contribution < 1.29 is 33.7 Å². The van der Waals surface area contributed by atoms with Gasteiger partial charge in [0, 0.05) is 24.8 Å². The fourth-order valence-electron chi connectivity index (χ4n) is 3.12. The average molecular weight is 390 g/mol. The minimum atomic E-state index is -0.645. The molecule has 0 bridgehead atoms. The molecule has 0 radical (unpaired) electrons. The Labute approximate surface area is 164 Å². The summed E-state index contributed by atoms with van der Waals surface area (Å²) in [5, 5.41) is 8.95. The molecule has 1 aliphatic heterocycles. The summed E-state index contributed by atoms with van der Waals surface area (Å²) in [5.74, 6) is -1.63. The normalized spacial score (nSPS) is 24.2. The number of carbonyl (C=O) groups is 3. The van der Waals surface area contributed by atoms with Crippen molar-refractivity contribution in [2.75, 3.05) is 19.8 Å². The Morgan fingerprint density at radius 1 is 1.25 bits per heavy atom. The van der Waals surface area contributed by atoms with Gasteiger partial charge in [-0.25, -0.2) is 9.59 Å². The number of ether oxygens (including phenoxy) is 3. The maximum atomic E-state index is 12.0. The van der Waals surface area contributed by atoms with Gasteiger partial charge in [0.25, 0.3) is 0 Å². The van der Waals surface area contributed by atoms with E-state index in [1.54, 1.807) is 0 Å². The zero-order valence-corrected chi connectivity index (χ0v) is 16.1. The molecule has 2 atom stereocenters. The summed E-state index contributed by atoms with van der Waals surface area (Å²) in [5.41, 5.74) is 2.17. The number of fused-ring (bicyclic) bond motifs is 1. The van der Waals surface area contributed by atoms with Gasteiger partial charge in [-0.05, 0) is 30.4 Å². The Morgan fingerprint density at radius 2 is 1.96 bits per heavy atom. The third-order valence-electron chi connectivity index (χ3n) is 4.77. The fourth-order valence-corrected chi connectivity index (χ4v) is 3.12. The van der Waals surface area contributed by atoms with E-state index in [2.05, 4.69) is 13.2 Å². The molecule has 0 spiro atoms. The average Bonchev–Trinajstić information content (AvgIpc) is 2.93. The Bertz CT molecular complexity index is 729. The summed E-state index contributed by atoms with van der Waals surface area (Å²) < 4.78 is 15.8. The zero-order valence-electron chi connectivity index (χ0n) is 16.1. The topological polar surface area (TPSA) is 99.1 Å². The molecule has 1 N–H and O–H groups in total. The zero-order chi connectivity index (χ0) is 20.7. The fraction of sp³-hybridized carbons (Fsp3) is 0.476. The van der Waals surface area contributed by atoms with Gasteiger partial charge in [0.2, 0.25) is 0 Å². The number of aliphatic hydroxyl groups is 1. The number of carbonyl (C=O) groups excluding carboxylic acids is 3. The number of rotatable bonds is 6. The molecular weight excluding hydrogens is 364 g/mol. The Kier molecular flexibility index (Phi) is 7.75. The minimum Gasteiger partial charge on any atom is -0.461 e. The molecule has 1 heterocycles. The number of hydrogen-bond donors (Lipinski definition) is 1. The van der Waals surface area contributed by atoms with E-state index in [4.69, 9.17) is 19.3 Å². The lowest BCUT2D eigenvalue weighted by Gasteiger charge is -2.20. The molecule has 2 aliphatic rings. The summed E-state index contributed by atoms with van der Waals surface area (Å²) in [7, 11) is 0. The predicted octanol–water partition coefficient (Wildman–Crippen LogP) is 2.17. The second-order valence-corrected chi connectivity index (χ2v) is 6.90. The Hall–Kier alpha value is -2.67. The maximum absolute atomic E-state index is 12.0. The van der Waals surface area contributed by atoms with Crippen molar-refractivity contribution in [3.05, 3.63) is 47.6 Å². The summed E-state index contributed by atoms with van der Waals surface area (Å²) in [6.45, 7) is 8.40. The van der Waals surface area contributed by atoms with Crippen molar-refractivity contribution >= 4 is 17.9 Å². The molecule has 7 nitrogen and oxygen atoms in total. The van der Waals surface area contributed by atoms with Crippen molar-refractivity contribution in [2.45, 2.75) is 38.7 Å². The van der Waals surface area contributed by atoms with E-state index in [1.807, 2.05) is 12.2 Å². The number of esters is 3. The molecule has 28 heavy (non-hydrogen) atoms. The summed E-state index contributed by atoms with van der Waals surface area (Å²) >= 11 is 0. The van der Waals surface area contributed by atoms with Gasteiger partial charge >= 0.3 is 17.9 Å². The molecule has 0 saturated carbocycles. The van der Waals surface area contributed by atoms with Crippen LogP contribution in [0.2, 0.25) is 0 Å². The standard InChI is InChI=1S/C21H26O7/c1-13(10-22)20(24)27-11-16-5-4-6-17(12-26-15(3)23)9-19-18(8-7-16)14(2)21(25)28-19/h6-7,18-19,22H,1-2,4-5,8-12H2,3H3/b16-7-,17-6?/t18-,19+/m1/s1. The highest BCUT2D eigenvalue weighted by Gasteiger charge is 2.38. The molecule has 0 aromatic carbocycles. The van der Waals surface area contributed by atoms with Crippen LogP contribution in [0, 0.1) is 5.92 Å².